The summed E-state index contributed by atoms with van der Waals surface area (Å²) in [6.07, 6.45) is -0.868. The lowest BCUT2D eigenvalue weighted by Gasteiger charge is -2.18. The first-order valence-corrected chi connectivity index (χ1v) is 9.39. The molecule has 0 saturated heterocycles. The molecule has 0 saturated carbocycles. The van der Waals surface area contributed by atoms with Crippen molar-refractivity contribution < 1.29 is 22.6 Å². The Labute approximate surface area is 167 Å². The van der Waals surface area contributed by atoms with E-state index in [1.807, 2.05) is 7.05 Å². The van der Waals surface area contributed by atoms with E-state index in [9.17, 15) is 13.2 Å². The number of nitrogens with one attached hydrogen (secondary N) is 1. The number of benzene rings is 1. The van der Waals surface area contributed by atoms with Gasteiger partial charge >= 0.3 is 6.18 Å². The van der Waals surface area contributed by atoms with Gasteiger partial charge in [-0.3, -0.25) is 5.10 Å². The number of methoxy groups -OCH3 is 1. The van der Waals surface area contributed by atoms with Gasteiger partial charge in [0.2, 0.25) is 0 Å². The van der Waals surface area contributed by atoms with Crippen LogP contribution in [0.15, 0.2) is 18.3 Å². The second kappa shape index (κ2) is 10.1. The van der Waals surface area contributed by atoms with Gasteiger partial charge in [0.1, 0.15) is 12.4 Å². The molecule has 0 aliphatic heterocycles. The zero-order valence-corrected chi connectivity index (χ0v) is 17.0. The molecule has 1 aromatic heterocycles. The van der Waals surface area contributed by atoms with Crippen LogP contribution in [-0.2, 0) is 17.5 Å². The van der Waals surface area contributed by atoms with Crippen LogP contribution >= 0.6 is 11.6 Å². The van der Waals surface area contributed by atoms with E-state index < -0.39 is 16.8 Å². The molecular formula is C19H25ClF3N3O2. The van der Waals surface area contributed by atoms with Crippen molar-refractivity contribution in [1.29, 1.82) is 0 Å². The Morgan fingerprint density at radius 1 is 1.25 bits per heavy atom. The normalized spacial score (nSPS) is 12.0. The average molecular weight is 420 g/mol. The van der Waals surface area contributed by atoms with E-state index in [1.165, 1.54) is 13.2 Å². The molecule has 156 valence electrons. The van der Waals surface area contributed by atoms with Crippen LogP contribution in [-0.4, -0.2) is 49.0 Å². The largest absolute Gasteiger partial charge is 0.490 e. The number of unbranched alkanes of at least 4 members (excludes halogenated alkanes) is 1. The minimum Gasteiger partial charge on any atom is -0.490 e. The van der Waals surface area contributed by atoms with Crippen molar-refractivity contribution in [1.82, 2.24) is 15.1 Å². The van der Waals surface area contributed by atoms with Crippen molar-refractivity contribution in [2.24, 2.45) is 0 Å². The Morgan fingerprint density at radius 3 is 2.64 bits per heavy atom. The molecule has 1 heterocycles. The maximum atomic E-state index is 13.5. The maximum Gasteiger partial charge on any atom is 0.418 e. The third kappa shape index (κ3) is 5.86. The summed E-state index contributed by atoms with van der Waals surface area (Å²) in [4.78, 5) is 2.11. The molecular weight excluding hydrogens is 395 g/mol. The van der Waals surface area contributed by atoms with E-state index in [-0.39, 0.29) is 19.0 Å². The minimum atomic E-state index is -4.61. The van der Waals surface area contributed by atoms with Crippen LogP contribution in [0.25, 0.3) is 11.3 Å². The molecule has 1 N–H and O–H groups in total. The van der Waals surface area contributed by atoms with Crippen LogP contribution in [0.5, 0.6) is 5.75 Å². The van der Waals surface area contributed by atoms with Gasteiger partial charge in [-0.1, -0.05) is 24.9 Å². The molecule has 0 bridgehead atoms. The summed E-state index contributed by atoms with van der Waals surface area (Å²) in [5.74, 6) is -0.0385. The van der Waals surface area contributed by atoms with E-state index in [0.29, 0.717) is 17.8 Å². The number of alkyl halides is 3. The van der Waals surface area contributed by atoms with Gasteiger partial charge in [-0.15, -0.1) is 0 Å². The smallest absolute Gasteiger partial charge is 0.418 e. The molecule has 1 aromatic carbocycles. The van der Waals surface area contributed by atoms with E-state index in [1.54, 1.807) is 6.20 Å². The SMILES string of the molecule is CCCCN(C)Cc1cn[nH]c1-c1cc(OCCOC)c(Cl)c(C(F)(F)F)c1. The highest BCUT2D eigenvalue weighted by molar-refractivity contribution is 6.33. The highest BCUT2D eigenvalue weighted by Gasteiger charge is 2.35. The van der Waals surface area contributed by atoms with E-state index >= 15 is 0 Å². The third-order valence-electron chi connectivity index (χ3n) is 4.23. The number of halogens is 4. The van der Waals surface area contributed by atoms with Gasteiger partial charge in [0, 0.05) is 24.8 Å². The zero-order valence-electron chi connectivity index (χ0n) is 16.2. The number of nitrogens with zero attached hydrogens (tertiary/aromatic N) is 2. The first-order chi connectivity index (χ1) is 13.3. The van der Waals surface area contributed by atoms with Gasteiger partial charge in [-0.25, -0.2) is 0 Å². The number of aromatic amines is 1. The molecule has 0 aliphatic carbocycles. The molecule has 5 nitrogen and oxygen atoms in total. The zero-order chi connectivity index (χ0) is 20.7. The highest BCUT2D eigenvalue weighted by atomic mass is 35.5. The molecule has 0 amide bonds. The maximum absolute atomic E-state index is 13.5. The lowest BCUT2D eigenvalue weighted by atomic mass is 10.0. The summed E-state index contributed by atoms with van der Waals surface area (Å²) in [6, 6.07) is 2.52. The predicted octanol–water partition coefficient (Wildman–Crippen LogP) is 5.01. The number of ether oxygens (including phenoxy) is 2. The summed E-state index contributed by atoms with van der Waals surface area (Å²) < 4.78 is 50.8. The molecule has 2 aromatic rings. The van der Waals surface area contributed by atoms with Crippen LogP contribution in [0.3, 0.4) is 0 Å². The molecule has 0 fully saturated rings. The fraction of sp³-hybridized carbons (Fsp3) is 0.526. The number of H-pyrrole nitrogens is 1. The first kappa shape index (κ1) is 22.5. The fourth-order valence-electron chi connectivity index (χ4n) is 2.77. The summed E-state index contributed by atoms with van der Waals surface area (Å²) in [5.41, 5.74) is 0.693. The molecule has 0 atom stereocenters. The van der Waals surface area contributed by atoms with Crippen molar-refractivity contribution in [2.45, 2.75) is 32.5 Å². The van der Waals surface area contributed by atoms with Crippen molar-refractivity contribution in [3.63, 3.8) is 0 Å². The first-order valence-electron chi connectivity index (χ1n) is 9.01. The quantitative estimate of drug-likeness (QED) is 0.550. The Bertz CT molecular complexity index is 765. The number of hydrogen-bond acceptors (Lipinski definition) is 4. The van der Waals surface area contributed by atoms with E-state index in [4.69, 9.17) is 21.1 Å². The van der Waals surface area contributed by atoms with Gasteiger partial charge < -0.3 is 14.4 Å². The Kier molecular flexibility index (Phi) is 8.15. The van der Waals surface area contributed by atoms with Crippen molar-refractivity contribution in [3.05, 3.63) is 34.5 Å². The molecule has 28 heavy (non-hydrogen) atoms. The van der Waals surface area contributed by atoms with Crippen LogP contribution in [0, 0.1) is 0 Å². The predicted molar refractivity (Wildman–Crippen MR) is 103 cm³/mol. The Morgan fingerprint density at radius 2 is 2.00 bits per heavy atom. The number of rotatable bonds is 10. The summed E-state index contributed by atoms with van der Waals surface area (Å²) >= 11 is 5.97. The molecule has 9 heteroatoms. The summed E-state index contributed by atoms with van der Waals surface area (Å²) in [7, 11) is 3.45. The Balaban J connectivity index is 2.40. The summed E-state index contributed by atoms with van der Waals surface area (Å²) in [6.45, 7) is 3.89. The molecule has 0 unspecified atom stereocenters. The van der Waals surface area contributed by atoms with Crippen molar-refractivity contribution in [2.75, 3.05) is 33.9 Å². The van der Waals surface area contributed by atoms with Crippen molar-refractivity contribution >= 4 is 11.6 Å². The minimum absolute atomic E-state index is 0.0385. The van der Waals surface area contributed by atoms with Gasteiger partial charge in [-0.2, -0.15) is 18.3 Å². The van der Waals surface area contributed by atoms with Gasteiger partial charge in [-0.05, 0) is 32.1 Å². The standard InChI is InChI=1S/C19H25ClF3N3O2/c1-4-5-6-26(2)12-14-11-24-25-18(14)13-9-15(19(21,22)23)17(20)16(10-13)28-8-7-27-3/h9-11H,4-8,12H2,1-3H3,(H,24,25). The molecule has 0 radical (unpaired) electrons. The molecule has 2 rings (SSSR count). The second-order valence-electron chi connectivity index (χ2n) is 6.54. The van der Waals surface area contributed by atoms with Crippen LogP contribution < -0.4 is 4.74 Å². The van der Waals surface area contributed by atoms with E-state index in [2.05, 4.69) is 22.0 Å². The highest BCUT2D eigenvalue weighted by Crippen LogP contribution is 2.42. The third-order valence-corrected chi connectivity index (χ3v) is 4.62. The molecule has 0 aliphatic rings. The van der Waals surface area contributed by atoms with E-state index in [0.717, 1.165) is 31.0 Å². The van der Waals surface area contributed by atoms with Gasteiger partial charge in [0.15, 0.2) is 0 Å². The Hall–Kier alpha value is -1.77. The molecule has 0 spiro atoms. The topological polar surface area (TPSA) is 50.4 Å². The van der Waals surface area contributed by atoms with Crippen LogP contribution in [0.1, 0.15) is 30.9 Å². The number of hydrogen-bond donors (Lipinski definition) is 1. The average Bonchev–Trinajstić information content (AvgIpc) is 3.08. The van der Waals surface area contributed by atoms with Crippen LogP contribution in [0.2, 0.25) is 5.02 Å². The lowest BCUT2D eigenvalue weighted by molar-refractivity contribution is -0.137. The van der Waals surface area contributed by atoms with Gasteiger partial charge in [0.05, 0.1) is 29.1 Å². The lowest BCUT2D eigenvalue weighted by Crippen LogP contribution is -2.19. The fourth-order valence-corrected chi connectivity index (χ4v) is 3.04. The number of aromatic nitrogens is 2. The van der Waals surface area contributed by atoms with Gasteiger partial charge in [0.25, 0.3) is 0 Å². The second-order valence-corrected chi connectivity index (χ2v) is 6.91. The monoisotopic (exact) mass is 419 g/mol. The van der Waals surface area contributed by atoms with Crippen LogP contribution in [0.4, 0.5) is 13.2 Å². The summed E-state index contributed by atoms with van der Waals surface area (Å²) in [5, 5.41) is 6.37. The van der Waals surface area contributed by atoms with Crippen molar-refractivity contribution in [3.8, 4) is 17.0 Å².